The van der Waals surface area contributed by atoms with Gasteiger partial charge in [-0.1, -0.05) is 20.8 Å². The maximum atomic E-state index is 5.63. The van der Waals surface area contributed by atoms with Gasteiger partial charge in [-0.15, -0.1) is 0 Å². The van der Waals surface area contributed by atoms with Gasteiger partial charge in [0.05, 0.1) is 18.5 Å². The molecular formula is C16H21N5O. The lowest BCUT2D eigenvalue weighted by Crippen LogP contribution is -1.96. The molecule has 0 saturated carbocycles. The quantitative estimate of drug-likeness (QED) is 0.770. The summed E-state index contributed by atoms with van der Waals surface area (Å²) < 4.78 is 5.61. The van der Waals surface area contributed by atoms with E-state index in [2.05, 4.69) is 26.9 Å². The second-order valence-electron chi connectivity index (χ2n) is 4.42. The lowest BCUT2D eigenvalue weighted by atomic mass is 10.1. The first-order valence-corrected chi connectivity index (χ1v) is 7.46. The molecule has 3 aromatic heterocycles. The molecule has 3 N–H and O–H groups in total. The van der Waals surface area contributed by atoms with E-state index in [0.29, 0.717) is 6.61 Å². The Bertz CT molecular complexity index is 738. The number of nitrogens with two attached hydrogens (primary N) is 1. The van der Waals surface area contributed by atoms with Crippen molar-refractivity contribution >= 4 is 17.0 Å². The minimum absolute atomic E-state index is 0.253. The molecule has 3 heterocycles. The molecule has 0 amide bonds. The van der Waals surface area contributed by atoms with Crippen molar-refractivity contribution in [1.82, 2.24) is 19.9 Å². The molecule has 0 saturated heterocycles. The second-order valence-corrected chi connectivity index (χ2v) is 4.42. The van der Waals surface area contributed by atoms with Gasteiger partial charge in [0.1, 0.15) is 11.4 Å². The van der Waals surface area contributed by atoms with Gasteiger partial charge in [0.15, 0.2) is 0 Å². The van der Waals surface area contributed by atoms with Crippen LogP contribution in [0.2, 0.25) is 0 Å². The summed E-state index contributed by atoms with van der Waals surface area (Å²) in [5, 5.41) is 0.955. The van der Waals surface area contributed by atoms with Crippen molar-refractivity contribution in [3.63, 3.8) is 0 Å². The van der Waals surface area contributed by atoms with Crippen LogP contribution in [0.15, 0.2) is 30.7 Å². The highest BCUT2D eigenvalue weighted by molar-refractivity contribution is 5.93. The first kappa shape index (κ1) is 15.8. The van der Waals surface area contributed by atoms with Gasteiger partial charge in [-0.05, 0) is 18.6 Å². The number of H-pyrrole nitrogens is 1. The Balaban J connectivity index is 0.000000847. The number of hydrogen-bond acceptors (Lipinski definition) is 5. The van der Waals surface area contributed by atoms with Gasteiger partial charge < -0.3 is 15.5 Å². The first-order chi connectivity index (χ1) is 10.8. The van der Waals surface area contributed by atoms with Crippen LogP contribution in [0.25, 0.3) is 22.3 Å². The number of aromatic nitrogens is 4. The van der Waals surface area contributed by atoms with Crippen molar-refractivity contribution in [3.05, 3.63) is 30.7 Å². The topological polar surface area (TPSA) is 89.7 Å². The molecule has 6 nitrogen and oxygen atoms in total. The zero-order chi connectivity index (χ0) is 15.9. The maximum Gasteiger partial charge on any atom is 0.220 e. The number of anilines is 1. The molecule has 0 aliphatic carbocycles. The molecule has 116 valence electrons. The van der Waals surface area contributed by atoms with Gasteiger partial charge >= 0.3 is 0 Å². The summed E-state index contributed by atoms with van der Waals surface area (Å²) in [5.74, 6) is 1.01. The lowest BCUT2D eigenvalue weighted by molar-refractivity contribution is 0.317. The largest absolute Gasteiger partial charge is 0.492 e. The van der Waals surface area contributed by atoms with E-state index in [1.54, 1.807) is 12.4 Å². The Morgan fingerprint density at radius 1 is 1.27 bits per heavy atom. The zero-order valence-corrected chi connectivity index (χ0v) is 13.1. The summed E-state index contributed by atoms with van der Waals surface area (Å²) in [5.41, 5.74) is 8.12. The monoisotopic (exact) mass is 299 g/mol. The molecule has 22 heavy (non-hydrogen) atoms. The third-order valence-corrected chi connectivity index (χ3v) is 2.93. The summed E-state index contributed by atoms with van der Waals surface area (Å²) in [7, 11) is 0. The second kappa shape index (κ2) is 7.40. The zero-order valence-electron chi connectivity index (χ0n) is 13.1. The Hall–Kier alpha value is -2.63. The average Bonchev–Trinajstić information content (AvgIpc) is 2.98. The normalized spacial score (nSPS) is 10.1. The van der Waals surface area contributed by atoms with Gasteiger partial charge in [-0.2, -0.15) is 0 Å². The number of fused-ring (bicyclic) bond motifs is 1. The molecular weight excluding hydrogens is 278 g/mol. The SMILES string of the molecule is CC.CCCOc1cnc2[nH]cc(-c3ccnc(N)n3)c2c1. The van der Waals surface area contributed by atoms with Crippen molar-refractivity contribution in [3.8, 4) is 17.0 Å². The summed E-state index contributed by atoms with van der Waals surface area (Å²) in [6.07, 6.45) is 6.18. The van der Waals surface area contributed by atoms with E-state index in [-0.39, 0.29) is 5.95 Å². The highest BCUT2D eigenvalue weighted by Gasteiger charge is 2.10. The fourth-order valence-corrected chi connectivity index (χ4v) is 2.02. The van der Waals surface area contributed by atoms with Crippen LogP contribution in [0.4, 0.5) is 5.95 Å². The summed E-state index contributed by atoms with van der Waals surface area (Å²) in [4.78, 5) is 15.6. The van der Waals surface area contributed by atoms with Crippen LogP contribution in [0, 0.1) is 0 Å². The fraction of sp³-hybridized carbons (Fsp3) is 0.312. The first-order valence-electron chi connectivity index (χ1n) is 7.46. The number of nitrogens with zero attached hydrogens (tertiary/aromatic N) is 3. The van der Waals surface area contributed by atoms with Crippen molar-refractivity contribution < 1.29 is 4.74 Å². The summed E-state index contributed by atoms with van der Waals surface area (Å²) in [6, 6.07) is 3.78. The fourth-order valence-electron chi connectivity index (χ4n) is 2.02. The van der Waals surface area contributed by atoms with E-state index >= 15 is 0 Å². The molecule has 0 bridgehead atoms. The smallest absolute Gasteiger partial charge is 0.220 e. The number of hydrogen-bond donors (Lipinski definition) is 2. The summed E-state index contributed by atoms with van der Waals surface area (Å²) in [6.45, 7) is 6.74. The Morgan fingerprint density at radius 2 is 2.09 bits per heavy atom. The number of pyridine rings is 1. The molecule has 0 radical (unpaired) electrons. The van der Waals surface area contributed by atoms with Crippen molar-refractivity contribution in [2.75, 3.05) is 12.3 Å². The van der Waals surface area contributed by atoms with Crippen molar-refractivity contribution in [1.29, 1.82) is 0 Å². The van der Waals surface area contributed by atoms with E-state index < -0.39 is 0 Å². The number of aromatic amines is 1. The number of rotatable bonds is 4. The predicted octanol–water partition coefficient (Wildman–Crippen LogP) is 3.42. The molecule has 3 aromatic rings. The van der Waals surface area contributed by atoms with Gasteiger partial charge in [0, 0.05) is 23.3 Å². The Morgan fingerprint density at radius 3 is 2.82 bits per heavy atom. The number of nitrogen functional groups attached to an aromatic ring is 1. The molecule has 0 aliphatic rings. The van der Waals surface area contributed by atoms with Gasteiger partial charge in [-0.25, -0.2) is 15.0 Å². The van der Waals surface area contributed by atoms with Gasteiger partial charge in [0.2, 0.25) is 5.95 Å². The van der Waals surface area contributed by atoms with Gasteiger partial charge in [-0.3, -0.25) is 0 Å². The van der Waals surface area contributed by atoms with E-state index in [4.69, 9.17) is 10.5 Å². The third-order valence-electron chi connectivity index (χ3n) is 2.93. The molecule has 6 heteroatoms. The predicted molar refractivity (Wildman–Crippen MR) is 88.7 cm³/mol. The van der Waals surface area contributed by atoms with E-state index in [0.717, 1.165) is 34.5 Å². The van der Waals surface area contributed by atoms with Crippen LogP contribution >= 0.6 is 0 Å². The molecule has 0 spiro atoms. The highest BCUT2D eigenvalue weighted by atomic mass is 16.5. The number of nitrogens with one attached hydrogen (secondary N) is 1. The van der Waals surface area contributed by atoms with Crippen LogP contribution in [0.1, 0.15) is 27.2 Å². The average molecular weight is 299 g/mol. The standard InChI is InChI=1S/C14H15N5O.C2H6/c1-2-5-20-9-6-10-11(8-18-13(10)17-7-9)12-3-4-16-14(15)19-12;1-2/h3-4,6-8H,2,5H2,1H3,(H,17,18)(H2,15,16,19);1-2H3. The van der Waals surface area contributed by atoms with Crippen LogP contribution in [0.3, 0.4) is 0 Å². The summed E-state index contributed by atoms with van der Waals surface area (Å²) >= 11 is 0. The van der Waals surface area contributed by atoms with Crippen LogP contribution in [-0.2, 0) is 0 Å². The highest BCUT2D eigenvalue weighted by Crippen LogP contribution is 2.28. The van der Waals surface area contributed by atoms with Crippen molar-refractivity contribution in [2.24, 2.45) is 0 Å². The van der Waals surface area contributed by atoms with E-state index in [9.17, 15) is 0 Å². The molecule has 0 unspecified atom stereocenters. The lowest BCUT2D eigenvalue weighted by Gasteiger charge is -2.04. The maximum absolute atomic E-state index is 5.63. The Kier molecular flexibility index (Phi) is 5.30. The van der Waals surface area contributed by atoms with Crippen LogP contribution < -0.4 is 10.5 Å². The van der Waals surface area contributed by atoms with E-state index in [1.165, 1.54) is 0 Å². The van der Waals surface area contributed by atoms with E-state index in [1.807, 2.05) is 32.2 Å². The van der Waals surface area contributed by atoms with Gasteiger partial charge in [0.25, 0.3) is 0 Å². The van der Waals surface area contributed by atoms with Crippen LogP contribution in [0.5, 0.6) is 5.75 Å². The minimum Gasteiger partial charge on any atom is -0.492 e. The van der Waals surface area contributed by atoms with Crippen molar-refractivity contribution in [2.45, 2.75) is 27.2 Å². The van der Waals surface area contributed by atoms with Crippen LogP contribution in [-0.4, -0.2) is 26.5 Å². The minimum atomic E-state index is 0.253. The molecule has 0 aromatic carbocycles. The number of ether oxygens (including phenoxy) is 1. The molecule has 3 rings (SSSR count). The Labute approximate surface area is 129 Å². The molecule has 0 atom stereocenters. The molecule has 0 aliphatic heterocycles. The third kappa shape index (κ3) is 3.33. The molecule has 0 fully saturated rings.